The van der Waals surface area contributed by atoms with Crippen molar-refractivity contribution >= 4 is 0 Å². The van der Waals surface area contributed by atoms with Gasteiger partial charge in [-0.05, 0) is 6.92 Å². The van der Waals surface area contributed by atoms with Crippen molar-refractivity contribution in [2.45, 2.75) is 12.7 Å². The minimum absolute atomic E-state index is 0.547. The SMILES string of the molecule is CC1(OON)CO1. The third-order valence-electron chi connectivity index (χ3n) is 0.775. The van der Waals surface area contributed by atoms with Gasteiger partial charge in [0.1, 0.15) is 6.61 Å². The van der Waals surface area contributed by atoms with Crippen LogP contribution in [0.4, 0.5) is 0 Å². The predicted molar refractivity (Wildman–Crippen MR) is 20.7 cm³/mol. The lowest BCUT2D eigenvalue weighted by Crippen LogP contribution is -2.13. The van der Waals surface area contributed by atoms with E-state index in [1.165, 1.54) is 0 Å². The van der Waals surface area contributed by atoms with Gasteiger partial charge < -0.3 is 4.74 Å². The smallest absolute Gasteiger partial charge is 0.224 e. The van der Waals surface area contributed by atoms with Crippen LogP contribution in [0.3, 0.4) is 0 Å². The van der Waals surface area contributed by atoms with E-state index in [0.29, 0.717) is 6.61 Å². The average Bonchev–Trinajstić information content (AvgIpc) is 2.22. The van der Waals surface area contributed by atoms with Gasteiger partial charge in [0.25, 0.3) is 0 Å². The van der Waals surface area contributed by atoms with Crippen LogP contribution in [0.5, 0.6) is 0 Å². The van der Waals surface area contributed by atoms with E-state index in [-0.39, 0.29) is 0 Å². The second-order valence-corrected chi connectivity index (χ2v) is 1.60. The molecule has 1 saturated heterocycles. The van der Waals surface area contributed by atoms with E-state index in [1.807, 2.05) is 0 Å². The van der Waals surface area contributed by atoms with Gasteiger partial charge >= 0.3 is 0 Å². The van der Waals surface area contributed by atoms with Gasteiger partial charge in [0.2, 0.25) is 5.79 Å². The zero-order valence-electron chi connectivity index (χ0n) is 4.01. The summed E-state index contributed by atoms with van der Waals surface area (Å²) in [4.78, 5) is 8.24. The maximum Gasteiger partial charge on any atom is 0.224 e. The Kier molecular flexibility index (Phi) is 1.01. The summed E-state index contributed by atoms with van der Waals surface area (Å²) in [7, 11) is 0. The van der Waals surface area contributed by atoms with Gasteiger partial charge in [0.15, 0.2) is 0 Å². The molecule has 0 aromatic rings. The number of ether oxygens (including phenoxy) is 1. The quantitative estimate of drug-likeness (QED) is 0.293. The molecular formula is C3H7NO3. The summed E-state index contributed by atoms with van der Waals surface area (Å²) in [6, 6.07) is 0. The lowest BCUT2D eigenvalue weighted by Gasteiger charge is -1.98. The van der Waals surface area contributed by atoms with Gasteiger partial charge in [-0.2, -0.15) is 10.8 Å². The van der Waals surface area contributed by atoms with E-state index in [0.717, 1.165) is 0 Å². The third kappa shape index (κ3) is 1.10. The van der Waals surface area contributed by atoms with Crippen LogP contribution in [0, 0.1) is 0 Å². The summed E-state index contributed by atoms with van der Waals surface area (Å²) in [5.41, 5.74) is 0. The number of hydrogen-bond donors (Lipinski definition) is 1. The van der Waals surface area contributed by atoms with E-state index in [4.69, 9.17) is 4.74 Å². The van der Waals surface area contributed by atoms with Crippen LogP contribution in [0.1, 0.15) is 6.92 Å². The maximum absolute atomic E-state index is 4.71. The lowest BCUT2D eigenvalue weighted by atomic mass is 10.5. The summed E-state index contributed by atoms with van der Waals surface area (Å²) < 4.78 is 4.71. The number of epoxide rings is 1. The van der Waals surface area contributed by atoms with Crippen LogP contribution in [0.15, 0.2) is 0 Å². The molecule has 0 aliphatic carbocycles. The van der Waals surface area contributed by atoms with Gasteiger partial charge in [0, 0.05) is 0 Å². The number of nitrogens with two attached hydrogens (primary N) is 1. The molecule has 1 atom stereocenters. The molecule has 1 aliphatic heterocycles. The Morgan fingerprint density at radius 1 is 1.86 bits per heavy atom. The van der Waals surface area contributed by atoms with Crippen LogP contribution in [-0.2, 0) is 14.6 Å². The molecule has 2 N–H and O–H groups in total. The van der Waals surface area contributed by atoms with E-state index >= 15 is 0 Å². The van der Waals surface area contributed by atoms with Crippen molar-refractivity contribution in [2.75, 3.05) is 6.61 Å². The van der Waals surface area contributed by atoms with E-state index < -0.39 is 5.79 Å². The summed E-state index contributed by atoms with van der Waals surface area (Å²) in [5, 5.41) is 0. The molecule has 0 spiro atoms. The monoisotopic (exact) mass is 105 g/mol. The lowest BCUT2D eigenvalue weighted by molar-refractivity contribution is -0.356. The van der Waals surface area contributed by atoms with Gasteiger partial charge in [-0.1, -0.05) is 0 Å². The van der Waals surface area contributed by atoms with E-state index in [2.05, 4.69) is 15.8 Å². The van der Waals surface area contributed by atoms with Crippen LogP contribution in [-0.4, -0.2) is 12.4 Å². The Labute approximate surface area is 41.0 Å². The van der Waals surface area contributed by atoms with Crippen LogP contribution >= 0.6 is 0 Å². The highest BCUT2D eigenvalue weighted by molar-refractivity contribution is 4.72. The molecule has 0 amide bonds. The van der Waals surface area contributed by atoms with Crippen molar-refractivity contribution in [2.24, 2.45) is 5.90 Å². The van der Waals surface area contributed by atoms with Crippen molar-refractivity contribution in [3.05, 3.63) is 0 Å². The molecule has 7 heavy (non-hydrogen) atoms. The van der Waals surface area contributed by atoms with Crippen molar-refractivity contribution < 1.29 is 14.6 Å². The van der Waals surface area contributed by atoms with Crippen LogP contribution in [0.2, 0.25) is 0 Å². The number of rotatable bonds is 2. The highest BCUT2D eigenvalue weighted by atomic mass is 17.3. The summed E-state index contributed by atoms with van der Waals surface area (Å²) in [6.07, 6.45) is 0. The zero-order chi connectivity index (χ0) is 5.33. The van der Waals surface area contributed by atoms with E-state index in [1.54, 1.807) is 6.92 Å². The van der Waals surface area contributed by atoms with Crippen molar-refractivity contribution in [3.8, 4) is 0 Å². The molecule has 0 radical (unpaired) electrons. The minimum Gasteiger partial charge on any atom is -0.340 e. The molecule has 1 aliphatic rings. The normalized spacial score (nSPS) is 38.6. The highest BCUT2D eigenvalue weighted by Crippen LogP contribution is 2.26. The first kappa shape index (κ1) is 4.99. The fraction of sp³-hybridized carbons (Fsp3) is 1.00. The molecule has 1 unspecified atom stereocenters. The minimum atomic E-state index is -0.547. The molecule has 0 saturated carbocycles. The number of hydrogen-bond acceptors (Lipinski definition) is 4. The molecule has 0 bridgehead atoms. The van der Waals surface area contributed by atoms with Crippen LogP contribution in [0.25, 0.3) is 0 Å². The molecule has 1 fully saturated rings. The Balaban J connectivity index is 2.13. The highest BCUT2D eigenvalue weighted by Gasteiger charge is 2.42. The first-order chi connectivity index (χ1) is 3.27. The molecule has 42 valence electrons. The third-order valence-corrected chi connectivity index (χ3v) is 0.775. The summed E-state index contributed by atoms with van der Waals surface area (Å²) in [5.74, 6) is 4.01. The van der Waals surface area contributed by atoms with Gasteiger partial charge in [-0.15, -0.1) is 4.99 Å². The fourth-order valence-corrected chi connectivity index (χ4v) is 0.252. The topological polar surface area (TPSA) is 57.0 Å². The molecule has 1 heterocycles. The zero-order valence-corrected chi connectivity index (χ0v) is 4.01. The van der Waals surface area contributed by atoms with Crippen molar-refractivity contribution in [1.29, 1.82) is 0 Å². The summed E-state index contributed by atoms with van der Waals surface area (Å²) in [6.45, 7) is 2.30. The Morgan fingerprint density at radius 3 is 2.57 bits per heavy atom. The standard InChI is InChI=1S/C3H7NO3/c1-3(2-5-3)6-7-4/h2,4H2,1H3. The first-order valence-electron chi connectivity index (χ1n) is 1.95. The molecular weight excluding hydrogens is 98.0 g/mol. The largest absolute Gasteiger partial charge is 0.340 e. The second kappa shape index (κ2) is 1.41. The second-order valence-electron chi connectivity index (χ2n) is 1.60. The first-order valence-corrected chi connectivity index (χ1v) is 1.95. The predicted octanol–water partition coefficient (Wildman–Crippen LogP) is -0.445. The fourth-order valence-electron chi connectivity index (χ4n) is 0.252. The Morgan fingerprint density at radius 2 is 2.43 bits per heavy atom. The van der Waals surface area contributed by atoms with Gasteiger partial charge in [-0.3, -0.25) is 0 Å². The van der Waals surface area contributed by atoms with Crippen molar-refractivity contribution in [3.63, 3.8) is 0 Å². The van der Waals surface area contributed by atoms with Gasteiger partial charge in [0.05, 0.1) is 0 Å². The molecule has 0 aromatic heterocycles. The maximum atomic E-state index is 4.71. The van der Waals surface area contributed by atoms with Crippen molar-refractivity contribution in [1.82, 2.24) is 0 Å². The molecule has 1 rings (SSSR count). The molecule has 4 heteroatoms. The molecule has 0 aromatic carbocycles. The van der Waals surface area contributed by atoms with Gasteiger partial charge in [-0.25, -0.2) is 0 Å². The van der Waals surface area contributed by atoms with Crippen LogP contribution < -0.4 is 5.90 Å². The summed E-state index contributed by atoms with van der Waals surface area (Å²) >= 11 is 0. The molecule has 4 nitrogen and oxygen atoms in total. The average molecular weight is 105 g/mol. The van der Waals surface area contributed by atoms with E-state index in [9.17, 15) is 0 Å². The Hall–Kier alpha value is -0.160. The Bertz CT molecular complexity index is 70.6.